The molecule has 0 unspecified atom stereocenters. The number of benzene rings is 2. The summed E-state index contributed by atoms with van der Waals surface area (Å²) in [6, 6.07) is 16.5. The van der Waals surface area contributed by atoms with Crippen molar-refractivity contribution in [3.05, 3.63) is 54.6 Å². The summed E-state index contributed by atoms with van der Waals surface area (Å²) < 4.78 is 16.6. The van der Waals surface area contributed by atoms with Gasteiger partial charge < -0.3 is 13.9 Å². The fourth-order valence-electron chi connectivity index (χ4n) is 2.31. The van der Waals surface area contributed by atoms with E-state index in [1.807, 2.05) is 42.5 Å². The van der Waals surface area contributed by atoms with E-state index in [0.717, 1.165) is 5.56 Å². The highest BCUT2D eigenvalue weighted by molar-refractivity contribution is 5.93. The van der Waals surface area contributed by atoms with Crippen molar-refractivity contribution < 1.29 is 18.7 Å². The summed E-state index contributed by atoms with van der Waals surface area (Å²) in [5.74, 6) is 1.06. The van der Waals surface area contributed by atoms with Crippen molar-refractivity contribution in [3.8, 4) is 23.0 Å². The van der Waals surface area contributed by atoms with Crippen LogP contribution in [0.1, 0.15) is 0 Å². The van der Waals surface area contributed by atoms with Crippen LogP contribution in [0.3, 0.4) is 0 Å². The van der Waals surface area contributed by atoms with E-state index in [1.165, 1.54) is 0 Å². The molecule has 1 aromatic heterocycles. The molecule has 1 atom stereocenters. The number of aromatic nitrogens is 2. The van der Waals surface area contributed by atoms with Crippen LogP contribution in [0, 0.1) is 0 Å². The molecule has 0 bridgehead atoms. The smallest absolute Gasteiger partial charge is 0.322 e. The number of para-hydroxylation sites is 2. The number of amides is 1. The first-order valence-electron chi connectivity index (χ1n) is 7.38. The Labute approximate surface area is 137 Å². The van der Waals surface area contributed by atoms with Crippen LogP contribution < -0.4 is 14.8 Å². The highest BCUT2D eigenvalue weighted by atomic mass is 16.6. The third kappa shape index (κ3) is 2.79. The molecule has 24 heavy (non-hydrogen) atoms. The van der Waals surface area contributed by atoms with E-state index in [-0.39, 0.29) is 12.6 Å². The zero-order valence-electron chi connectivity index (χ0n) is 12.5. The van der Waals surface area contributed by atoms with Crippen LogP contribution in [-0.2, 0) is 4.79 Å². The van der Waals surface area contributed by atoms with Crippen LogP contribution in [0.2, 0.25) is 0 Å². The van der Waals surface area contributed by atoms with Gasteiger partial charge in [0.15, 0.2) is 11.5 Å². The number of hydrogen-bond acceptors (Lipinski definition) is 6. The Hall–Kier alpha value is -3.35. The number of hydrogen-bond donors (Lipinski definition) is 1. The lowest BCUT2D eigenvalue weighted by Crippen LogP contribution is -2.40. The molecule has 4 rings (SSSR count). The Morgan fingerprint density at radius 3 is 2.58 bits per heavy atom. The molecule has 2 aromatic carbocycles. The third-order valence-electron chi connectivity index (χ3n) is 3.48. The van der Waals surface area contributed by atoms with Gasteiger partial charge in [0.2, 0.25) is 12.0 Å². The Balaban J connectivity index is 1.45. The van der Waals surface area contributed by atoms with Gasteiger partial charge in [-0.15, -0.1) is 5.10 Å². The minimum Gasteiger partial charge on any atom is -0.485 e. The number of nitrogens with one attached hydrogen (secondary N) is 1. The predicted octanol–water partition coefficient (Wildman–Crippen LogP) is 2.52. The van der Waals surface area contributed by atoms with Crippen molar-refractivity contribution in [2.75, 3.05) is 11.9 Å². The van der Waals surface area contributed by atoms with E-state index >= 15 is 0 Å². The molecule has 2 heterocycles. The summed E-state index contributed by atoms with van der Waals surface area (Å²) in [4.78, 5) is 12.3. The van der Waals surface area contributed by atoms with Gasteiger partial charge in [-0.25, -0.2) is 0 Å². The van der Waals surface area contributed by atoms with Crippen molar-refractivity contribution in [2.45, 2.75) is 6.10 Å². The van der Waals surface area contributed by atoms with Crippen molar-refractivity contribution in [1.29, 1.82) is 0 Å². The molecule has 0 fully saturated rings. The zero-order valence-corrected chi connectivity index (χ0v) is 12.5. The maximum absolute atomic E-state index is 12.3. The quantitative estimate of drug-likeness (QED) is 0.797. The molecule has 3 aromatic rings. The van der Waals surface area contributed by atoms with E-state index in [4.69, 9.17) is 13.9 Å². The molecule has 1 aliphatic heterocycles. The van der Waals surface area contributed by atoms with Crippen LogP contribution in [0.15, 0.2) is 59.0 Å². The summed E-state index contributed by atoms with van der Waals surface area (Å²) in [5.41, 5.74) is 0.775. The SMILES string of the molecule is O=C(Nc1nnc(-c2ccccc2)o1)[C@@H]1COc2ccccc2O1. The average Bonchev–Trinajstić information content (AvgIpc) is 3.10. The summed E-state index contributed by atoms with van der Waals surface area (Å²) in [7, 11) is 0. The molecule has 1 aliphatic rings. The van der Waals surface area contributed by atoms with Gasteiger partial charge in [-0.2, -0.15) is 0 Å². The van der Waals surface area contributed by atoms with Crippen LogP contribution >= 0.6 is 0 Å². The lowest BCUT2D eigenvalue weighted by Gasteiger charge is -2.24. The maximum atomic E-state index is 12.3. The molecule has 7 heteroatoms. The van der Waals surface area contributed by atoms with Crippen molar-refractivity contribution in [2.24, 2.45) is 0 Å². The van der Waals surface area contributed by atoms with Gasteiger partial charge in [-0.05, 0) is 24.3 Å². The minimum absolute atomic E-state index is 0.0151. The number of fused-ring (bicyclic) bond motifs is 1. The van der Waals surface area contributed by atoms with Gasteiger partial charge >= 0.3 is 6.01 Å². The largest absolute Gasteiger partial charge is 0.485 e. The second-order valence-corrected chi connectivity index (χ2v) is 5.13. The summed E-state index contributed by atoms with van der Waals surface area (Å²) in [6.45, 7) is 0.114. The van der Waals surface area contributed by atoms with Gasteiger partial charge in [0.05, 0.1) is 0 Å². The normalized spacial score (nSPS) is 15.8. The Morgan fingerprint density at radius 1 is 1.00 bits per heavy atom. The minimum atomic E-state index is -0.785. The Kier molecular flexibility index (Phi) is 3.59. The molecule has 0 saturated carbocycles. The lowest BCUT2D eigenvalue weighted by molar-refractivity contribution is -0.125. The highest BCUT2D eigenvalue weighted by Crippen LogP contribution is 2.31. The van der Waals surface area contributed by atoms with Gasteiger partial charge in [-0.3, -0.25) is 10.1 Å². The number of nitrogens with zero attached hydrogens (tertiary/aromatic N) is 2. The number of carbonyl (C=O) groups excluding carboxylic acids is 1. The van der Waals surface area contributed by atoms with E-state index < -0.39 is 12.0 Å². The predicted molar refractivity (Wildman–Crippen MR) is 84.7 cm³/mol. The number of carbonyl (C=O) groups is 1. The van der Waals surface area contributed by atoms with Crippen LogP contribution in [-0.4, -0.2) is 28.8 Å². The van der Waals surface area contributed by atoms with Gasteiger partial charge in [-0.1, -0.05) is 35.4 Å². The van der Waals surface area contributed by atoms with Crippen LogP contribution in [0.5, 0.6) is 11.5 Å². The maximum Gasteiger partial charge on any atom is 0.322 e. The molecular formula is C17H13N3O4. The van der Waals surface area contributed by atoms with Gasteiger partial charge in [0, 0.05) is 5.56 Å². The first-order chi connectivity index (χ1) is 11.8. The lowest BCUT2D eigenvalue weighted by atomic mass is 10.2. The number of anilines is 1. The summed E-state index contributed by atoms with van der Waals surface area (Å²) >= 11 is 0. The van der Waals surface area contributed by atoms with Crippen molar-refractivity contribution >= 4 is 11.9 Å². The van der Waals surface area contributed by atoms with Crippen LogP contribution in [0.25, 0.3) is 11.5 Å². The van der Waals surface area contributed by atoms with E-state index in [9.17, 15) is 4.79 Å². The number of ether oxygens (including phenoxy) is 2. The molecule has 0 spiro atoms. The van der Waals surface area contributed by atoms with Gasteiger partial charge in [0.1, 0.15) is 6.61 Å². The van der Waals surface area contributed by atoms with Gasteiger partial charge in [0.25, 0.3) is 5.91 Å². The second kappa shape index (κ2) is 6.04. The first kappa shape index (κ1) is 14.3. The molecule has 0 aliphatic carbocycles. The number of rotatable bonds is 3. The van der Waals surface area contributed by atoms with E-state index in [1.54, 1.807) is 12.1 Å². The van der Waals surface area contributed by atoms with Crippen LogP contribution in [0.4, 0.5) is 6.01 Å². The topological polar surface area (TPSA) is 86.5 Å². The Morgan fingerprint density at radius 2 is 1.75 bits per heavy atom. The zero-order chi connectivity index (χ0) is 16.4. The molecule has 1 N–H and O–H groups in total. The average molecular weight is 323 g/mol. The third-order valence-corrected chi connectivity index (χ3v) is 3.48. The first-order valence-corrected chi connectivity index (χ1v) is 7.38. The fraction of sp³-hybridized carbons (Fsp3) is 0.118. The highest BCUT2D eigenvalue weighted by Gasteiger charge is 2.28. The molecule has 0 radical (unpaired) electrons. The molecule has 7 nitrogen and oxygen atoms in total. The monoisotopic (exact) mass is 323 g/mol. The van der Waals surface area contributed by atoms with E-state index in [0.29, 0.717) is 17.4 Å². The second-order valence-electron chi connectivity index (χ2n) is 5.13. The molecule has 0 saturated heterocycles. The van der Waals surface area contributed by atoms with Crippen molar-refractivity contribution in [3.63, 3.8) is 0 Å². The molecular weight excluding hydrogens is 310 g/mol. The fourth-order valence-corrected chi connectivity index (χ4v) is 2.31. The summed E-state index contributed by atoms with van der Waals surface area (Å²) in [5, 5.41) is 10.3. The molecule has 1 amide bonds. The standard InChI is InChI=1S/C17H13N3O4/c21-15(14-10-22-12-8-4-5-9-13(12)23-14)18-17-20-19-16(24-17)11-6-2-1-3-7-11/h1-9,14H,10H2,(H,18,20,21)/t14-/m0/s1. The van der Waals surface area contributed by atoms with E-state index in [2.05, 4.69) is 15.5 Å². The molecule has 120 valence electrons. The Bertz CT molecular complexity index is 863. The van der Waals surface area contributed by atoms with Crippen molar-refractivity contribution in [1.82, 2.24) is 10.2 Å². The summed E-state index contributed by atoms with van der Waals surface area (Å²) in [6.07, 6.45) is -0.785.